The third-order valence-corrected chi connectivity index (χ3v) is 5.44. The maximum absolute atomic E-state index is 12.6. The monoisotopic (exact) mass is 349 g/mol. The fourth-order valence-corrected chi connectivity index (χ4v) is 3.55. The van der Waals surface area contributed by atoms with E-state index in [4.69, 9.17) is 5.73 Å². The second kappa shape index (κ2) is 8.03. The summed E-state index contributed by atoms with van der Waals surface area (Å²) in [5.74, 6) is 0.307. The molecule has 1 aliphatic rings. The minimum Gasteiger partial charge on any atom is -0.359 e. The van der Waals surface area contributed by atoms with Crippen LogP contribution in [0.25, 0.3) is 0 Å². The van der Waals surface area contributed by atoms with E-state index in [0.29, 0.717) is 38.1 Å². The van der Waals surface area contributed by atoms with Gasteiger partial charge in [0, 0.05) is 25.9 Å². The van der Waals surface area contributed by atoms with Crippen LogP contribution in [-0.4, -0.2) is 48.6 Å². The fourth-order valence-electron chi connectivity index (χ4n) is 3.39. The lowest BCUT2D eigenvalue weighted by Crippen LogP contribution is -2.54. The fraction of sp³-hybridized carbons (Fsp3) is 0.556. The van der Waals surface area contributed by atoms with Gasteiger partial charge in [-0.1, -0.05) is 24.3 Å². The molecule has 1 aromatic carbocycles. The Kier molecular flexibility index (Phi) is 6.29. The average molecular weight is 350 g/mol. The number of carbonyl (C=O) groups excluding carboxylic acids is 2. The van der Waals surface area contributed by atoms with E-state index in [-0.39, 0.29) is 11.8 Å². The van der Waals surface area contributed by atoms with Crippen LogP contribution in [0.3, 0.4) is 0 Å². The van der Waals surface area contributed by atoms with Gasteiger partial charge in [0.1, 0.15) is 0 Å². The van der Waals surface area contributed by atoms with Crippen molar-refractivity contribution in [3.63, 3.8) is 0 Å². The molecule has 1 fully saturated rings. The number of hydrogen-bond acceptors (Lipinski definition) is 4. The lowest BCUT2D eigenvalue weighted by atomic mass is 9.72. The first-order valence-electron chi connectivity index (χ1n) is 8.35. The van der Waals surface area contributed by atoms with Crippen molar-refractivity contribution in [2.45, 2.75) is 32.2 Å². The normalized spacial score (nSPS) is 18.1. The number of aryl methyl sites for hydroxylation is 1. The molecule has 0 spiro atoms. The Bertz CT molecular complexity index is 598. The van der Waals surface area contributed by atoms with Gasteiger partial charge in [-0.25, -0.2) is 0 Å². The van der Waals surface area contributed by atoms with Gasteiger partial charge < -0.3 is 16.0 Å². The van der Waals surface area contributed by atoms with Crippen LogP contribution in [-0.2, 0) is 16.0 Å². The quantitative estimate of drug-likeness (QED) is 0.698. The number of nitrogens with two attached hydrogens (primary N) is 1. The van der Waals surface area contributed by atoms with E-state index < -0.39 is 11.5 Å². The van der Waals surface area contributed by atoms with E-state index in [1.165, 1.54) is 11.1 Å². The lowest BCUT2D eigenvalue weighted by molar-refractivity contribution is -0.140. The Morgan fingerprint density at radius 3 is 2.50 bits per heavy atom. The molecule has 132 valence electrons. The zero-order chi connectivity index (χ0) is 17.7. The molecule has 6 heteroatoms. The molecule has 2 amide bonds. The van der Waals surface area contributed by atoms with Gasteiger partial charge >= 0.3 is 0 Å². The van der Waals surface area contributed by atoms with Crippen molar-refractivity contribution in [2.75, 3.05) is 25.9 Å². The second-order valence-electron chi connectivity index (χ2n) is 6.58. The SMILES string of the molecule is CNC(=O)C1(Cc2ccccc2C)CCN(C(=O)[C@@H](N)CS)CC1. The Labute approximate surface area is 149 Å². The summed E-state index contributed by atoms with van der Waals surface area (Å²) in [6.07, 6.45) is 1.98. The number of piperidine rings is 1. The van der Waals surface area contributed by atoms with Crippen LogP contribution >= 0.6 is 12.6 Å². The standard InChI is InChI=1S/C18H27N3O2S/c1-13-5-3-4-6-14(13)11-18(17(23)20-2)7-9-21(10-8-18)16(22)15(19)12-24/h3-6,15,24H,7-12,19H2,1-2H3,(H,20,23)/t15-/m0/s1. The molecule has 3 N–H and O–H groups in total. The third kappa shape index (κ3) is 3.92. The highest BCUT2D eigenvalue weighted by Crippen LogP contribution is 2.36. The maximum Gasteiger partial charge on any atom is 0.240 e. The summed E-state index contributed by atoms with van der Waals surface area (Å²) in [4.78, 5) is 26.6. The first-order valence-corrected chi connectivity index (χ1v) is 8.98. The largest absolute Gasteiger partial charge is 0.359 e. The van der Waals surface area contributed by atoms with Crippen LogP contribution in [0.5, 0.6) is 0 Å². The molecular weight excluding hydrogens is 322 g/mol. The lowest BCUT2D eigenvalue weighted by Gasteiger charge is -2.41. The first-order chi connectivity index (χ1) is 11.4. The smallest absolute Gasteiger partial charge is 0.240 e. The molecule has 0 bridgehead atoms. The topological polar surface area (TPSA) is 75.4 Å². The number of rotatable bonds is 5. The number of carbonyl (C=O) groups is 2. The third-order valence-electron chi connectivity index (χ3n) is 5.04. The molecule has 0 unspecified atom stereocenters. The van der Waals surface area contributed by atoms with Crippen LogP contribution < -0.4 is 11.1 Å². The molecule has 5 nitrogen and oxygen atoms in total. The highest BCUT2D eigenvalue weighted by Gasteiger charge is 2.42. The number of nitrogens with zero attached hydrogens (tertiary/aromatic N) is 1. The molecule has 1 heterocycles. The first kappa shape index (κ1) is 18.8. The van der Waals surface area contributed by atoms with E-state index in [1.54, 1.807) is 11.9 Å². The second-order valence-corrected chi connectivity index (χ2v) is 6.94. The predicted octanol–water partition coefficient (Wildman–Crippen LogP) is 1.15. The zero-order valence-corrected chi connectivity index (χ0v) is 15.3. The van der Waals surface area contributed by atoms with Crippen molar-refractivity contribution >= 4 is 24.4 Å². The summed E-state index contributed by atoms with van der Waals surface area (Å²) in [6.45, 7) is 3.18. The Balaban J connectivity index is 2.16. The predicted molar refractivity (Wildman–Crippen MR) is 99.0 cm³/mol. The minimum absolute atomic E-state index is 0.0522. The Hall–Kier alpha value is -1.53. The van der Waals surface area contributed by atoms with E-state index >= 15 is 0 Å². The van der Waals surface area contributed by atoms with Crippen LogP contribution in [0.4, 0.5) is 0 Å². The van der Waals surface area contributed by atoms with Gasteiger partial charge in [0.05, 0.1) is 11.5 Å². The van der Waals surface area contributed by atoms with Gasteiger partial charge in [0.2, 0.25) is 11.8 Å². The van der Waals surface area contributed by atoms with E-state index in [1.807, 2.05) is 12.1 Å². The van der Waals surface area contributed by atoms with Crippen LogP contribution in [0.2, 0.25) is 0 Å². The number of thiol groups is 1. The van der Waals surface area contributed by atoms with Crippen LogP contribution in [0.1, 0.15) is 24.0 Å². The number of amides is 2. The van der Waals surface area contributed by atoms with E-state index in [9.17, 15) is 9.59 Å². The molecule has 0 saturated carbocycles. The number of benzene rings is 1. The summed E-state index contributed by atoms with van der Waals surface area (Å²) in [6, 6.07) is 7.58. The molecule has 0 aromatic heterocycles. The van der Waals surface area contributed by atoms with Gasteiger partial charge in [-0.05, 0) is 37.3 Å². The summed E-state index contributed by atoms with van der Waals surface area (Å²) >= 11 is 4.10. The molecular formula is C18H27N3O2S. The van der Waals surface area contributed by atoms with Crippen LogP contribution in [0.15, 0.2) is 24.3 Å². The Morgan fingerprint density at radius 1 is 1.33 bits per heavy atom. The molecule has 0 aliphatic carbocycles. The van der Waals surface area contributed by atoms with Crippen molar-refractivity contribution in [3.8, 4) is 0 Å². The van der Waals surface area contributed by atoms with Crippen molar-refractivity contribution in [2.24, 2.45) is 11.1 Å². The molecule has 1 aliphatic heterocycles. The minimum atomic E-state index is -0.572. The van der Waals surface area contributed by atoms with Gasteiger partial charge in [-0.15, -0.1) is 0 Å². The molecule has 1 aromatic rings. The molecule has 2 rings (SSSR count). The highest BCUT2D eigenvalue weighted by molar-refractivity contribution is 7.80. The van der Waals surface area contributed by atoms with Crippen molar-refractivity contribution in [1.82, 2.24) is 10.2 Å². The number of likely N-dealkylation sites (tertiary alicyclic amines) is 1. The maximum atomic E-state index is 12.6. The van der Waals surface area contributed by atoms with Gasteiger partial charge in [0.15, 0.2) is 0 Å². The average Bonchev–Trinajstić information content (AvgIpc) is 2.62. The van der Waals surface area contributed by atoms with Gasteiger partial charge in [0.25, 0.3) is 0 Å². The zero-order valence-electron chi connectivity index (χ0n) is 14.4. The van der Waals surface area contributed by atoms with Gasteiger partial charge in [-0.2, -0.15) is 12.6 Å². The molecule has 1 atom stereocenters. The van der Waals surface area contributed by atoms with Crippen LogP contribution in [0, 0.1) is 12.3 Å². The van der Waals surface area contributed by atoms with E-state index in [2.05, 4.69) is 37.0 Å². The summed E-state index contributed by atoms with van der Waals surface area (Å²) in [5.41, 5.74) is 7.71. The van der Waals surface area contributed by atoms with E-state index in [0.717, 1.165) is 0 Å². The Morgan fingerprint density at radius 2 is 1.96 bits per heavy atom. The number of nitrogens with one attached hydrogen (secondary N) is 1. The highest BCUT2D eigenvalue weighted by atomic mass is 32.1. The van der Waals surface area contributed by atoms with Crippen molar-refractivity contribution < 1.29 is 9.59 Å². The summed E-state index contributed by atoms with van der Waals surface area (Å²) < 4.78 is 0. The number of hydrogen-bond donors (Lipinski definition) is 3. The summed E-state index contributed by atoms with van der Waals surface area (Å²) in [7, 11) is 1.68. The van der Waals surface area contributed by atoms with Crippen molar-refractivity contribution in [3.05, 3.63) is 35.4 Å². The summed E-state index contributed by atoms with van der Waals surface area (Å²) in [5, 5.41) is 2.81. The molecule has 1 saturated heterocycles. The molecule has 24 heavy (non-hydrogen) atoms. The van der Waals surface area contributed by atoms with Crippen molar-refractivity contribution in [1.29, 1.82) is 0 Å². The molecule has 0 radical (unpaired) electrons. The van der Waals surface area contributed by atoms with Gasteiger partial charge in [-0.3, -0.25) is 9.59 Å².